The Morgan fingerprint density at radius 3 is 2.60 bits per heavy atom. The molecule has 0 bridgehead atoms. The second-order valence-corrected chi connectivity index (χ2v) is 9.98. The van der Waals surface area contributed by atoms with E-state index in [2.05, 4.69) is 50.2 Å². The summed E-state index contributed by atoms with van der Waals surface area (Å²) in [7, 11) is 0. The Morgan fingerprint density at radius 1 is 1.13 bits per heavy atom. The van der Waals surface area contributed by atoms with Gasteiger partial charge in [0.25, 0.3) is 5.91 Å². The number of carbonyl (C=O) groups excluding carboxylic acids is 1. The Hall–Kier alpha value is -2.40. The molecule has 1 saturated heterocycles. The summed E-state index contributed by atoms with van der Waals surface area (Å²) in [6.45, 7) is 4.30. The smallest absolute Gasteiger partial charge is 0.266 e. The summed E-state index contributed by atoms with van der Waals surface area (Å²) in [5, 5.41) is 0.952. The minimum atomic E-state index is 0.0790. The summed E-state index contributed by atoms with van der Waals surface area (Å²) in [5.74, 6) is 0.601. The first-order valence-electron chi connectivity index (χ1n) is 11.1. The number of hydrogen-bond donors (Lipinski definition) is 1. The van der Waals surface area contributed by atoms with Gasteiger partial charge in [-0.15, -0.1) is 11.3 Å². The minimum Gasteiger partial charge on any atom is -0.397 e. The van der Waals surface area contributed by atoms with Gasteiger partial charge in [0.15, 0.2) is 0 Å². The number of pyridine rings is 1. The van der Waals surface area contributed by atoms with Crippen molar-refractivity contribution in [2.24, 2.45) is 0 Å². The Labute approximate surface area is 182 Å². The summed E-state index contributed by atoms with van der Waals surface area (Å²) in [5.41, 5.74) is 11.0. The van der Waals surface area contributed by atoms with Crippen LogP contribution in [0.4, 0.5) is 5.69 Å². The molecule has 2 aromatic heterocycles. The van der Waals surface area contributed by atoms with Crippen molar-refractivity contribution in [3.63, 3.8) is 0 Å². The largest absolute Gasteiger partial charge is 0.397 e. The van der Waals surface area contributed by atoms with Crippen LogP contribution >= 0.6 is 11.3 Å². The fraction of sp³-hybridized carbons (Fsp3) is 0.440. The van der Waals surface area contributed by atoms with Gasteiger partial charge in [0.2, 0.25) is 0 Å². The molecule has 2 aliphatic rings. The molecule has 3 aromatic rings. The lowest BCUT2D eigenvalue weighted by Crippen LogP contribution is -2.47. The molecule has 1 aliphatic heterocycles. The molecule has 156 valence electrons. The number of rotatable bonds is 2. The van der Waals surface area contributed by atoms with Gasteiger partial charge in [-0.25, -0.2) is 4.98 Å². The fourth-order valence-corrected chi connectivity index (χ4v) is 6.34. The molecule has 1 unspecified atom stereocenters. The van der Waals surface area contributed by atoms with Gasteiger partial charge in [0.1, 0.15) is 9.71 Å². The molecule has 0 saturated carbocycles. The van der Waals surface area contributed by atoms with Gasteiger partial charge in [0.05, 0.1) is 5.69 Å². The summed E-state index contributed by atoms with van der Waals surface area (Å²) in [4.78, 5) is 22.0. The van der Waals surface area contributed by atoms with Crippen LogP contribution in [0, 0.1) is 0 Å². The van der Waals surface area contributed by atoms with Crippen molar-refractivity contribution in [3.8, 4) is 0 Å². The first-order chi connectivity index (χ1) is 14.5. The Bertz CT molecular complexity index is 1080. The maximum absolute atomic E-state index is 13.4. The molecule has 0 spiro atoms. The van der Waals surface area contributed by atoms with Crippen LogP contribution in [0.3, 0.4) is 0 Å². The van der Waals surface area contributed by atoms with Crippen molar-refractivity contribution in [2.75, 3.05) is 5.73 Å². The summed E-state index contributed by atoms with van der Waals surface area (Å²) in [6.07, 6.45) is 6.39. The van der Waals surface area contributed by atoms with Crippen LogP contribution in [0.5, 0.6) is 0 Å². The van der Waals surface area contributed by atoms with Crippen LogP contribution in [0.2, 0.25) is 0 Å². The average molecular weight is 420 g/mol. The zero-order valence-electron chi connectivity index (χ0n) is 17.7. The first kappa shape index (κ1) is 19.6. The van der Waals surface area contributed by atoms with E-state index in [1.165, 1.54) is 34.6 Å². The normalized spacial score (nSPS) is 24.1. The standard InChI is InChI=1S/C25H29N3OS/c1-15-7-6-8-16(2)28(15)25(29)23-22(26)20-14-19-13-18(17-9-4-3-5-10-17)11-12-21(19)27-24(20)30-23/h3-5,9-10,14-16,18H,6-8,11-13,26H2,1-2H3/t15-,16-,18?/m1/s1. The van der Waals surface area contributed by atoms with Gasteiger partial charge in [-0.05, 0) is 75.5 Å². The van der Waals surface area contributed by atoms with Gasteiger partial charge in [-0.1, -0.05) is 30.3 Å². The Balaban J connectivity index is 1.49. The predicted octanol–water partition coefficient (Wildman–Crippen LogP) is 5.55. The summed E-state index contributed by atoms with van der Waals surface area (Å²) in [6, 6.07) is 13.5. The van der Waals surface area contributed by atoms with E-state index in [-0.39, 0.29) is 18.0 Å². The number of aryl methyl sites for hydroxylation is 1. The first-order valence-corrected chi connectivity index (χ1v) is 11.9. The zero-order valence-corrected chi connectivity index (χ0v) is 18.5. The highest BCUT2D eigenvalue weighted by Crippen LogP contribution is 2.39. The van der Waals surface area contributed by atoms with Gasteiger partial charge >= 0.3 is 0 Å². The summed E-state index contributed by atoms with van der Waals surface area (Å²) >= 11 is 1.47. The predicted molar refractivity (Wildman–Crippen MR) is 124 cm³/mol. The molecule has 5 heteroatoms. The molecular formula is C25H29N3OS. The van der Waals surface area contributed by atoms with Crippen molar-refractivity contribution < 1.29 is 4.79 Å². The number of amides is 1. The Morgan fingerprint density at radius 2 is 1.87 bits per heavy atom. The lowest BCUT2D eigenvalue weighted by atomic mass is 9.82. The molecule has 1 amide bonds. The molecule has 30 heavy (non-hydrogen) atoms. The Kier molecular flexibility index (Phi) is 5.02. The molecule has 5 rings (SSSR count). The quantitative estimate of drug-likeness (QED) is 0.592. The molecular weight excluding hydrogens is 390 g/mol. The number of nitrogens with zero attached hydrogens (tertiary/aromatic N) is 2. The van der Waals surface area contributed by atoms with Crippen molar-refractivity contribution in [2.45, 2.75) is 70.4 Å². The van der Waals surface area contributed by atoms with Gasteiger partial charge in [-0.2, -0.15) is 0 Å². The second-order valence-electron chi connectivity index (χ2n) is 8.98. The molecule has 1 aliphatic carbocycles. The van der Waals surface area contributed by atoms with E-state index in [0.29, 0.717) is 16.5 Å². The number of nitrogen functional groups attached to an aromatic ring is 1. The molecule has 2 N–H and O–H groups in total. The number of benzene rings is 1. The van der Waals surface area contributed by atoms with Crippen molar-refractivity contribution in [1.29, 1.82) is 0 Å². The number of thiophene rings is 1. The highest BCUT2D eigenvalue weighted by Gasteiger charge is 2.32. The van der Waals surface area contributed by atoms with Crippen molar-refractivity contribution >= 4 is 33.1 Å². The van der Waals surface area contributed by atoms with Gasteiger partial charge in [0, 0.05) is 23.2 Å². The number of carbonyl (C=O) groups is 1. The van der Waals surface area contributed by atoms with Crippen LogP contribution in [0.25, 0.3) is 10.2 Å². The number of piperidine rings is 1. The van der Waals surface area contributed by atoms with E-state index in [1.807, 2.05) is 4.90 Å². The van der Waals surface area contributed by atoms with E-state index in [1.54, 1.807) is 0 Å². The molecule has 1 fully saturated rings. The van der Waals surface area contributed by atoms with Crippen LogP contribution in [-0.4, -0.2) is 27.9 Å². The number of fused-ring (bicyclic) bond motifs is 2. The second kappa shape index (κ2) is 7.69. The average Bonchev–Trinajstić information content (AvgIpc) is 3.08. The summed E-state index contributed by atoms with van der Waals surface area (Å²) < 4.78 is 0. The maximum Gasteiger partial charge on any atom is 0.266 e. The SMILES string of the molecule is C[C@@H]1CCC[C@@H](C)N1C(=O)c1sc2nc3c(cc2c1N)CC(c1ccccc1)CC3. The molecule has 0 radical (unpaired) electrons. The van der Waals surface area contributed by atoms with Crippen LogP contribution in [0.15, 0.2) is 36.4 Å². The molecule has 4 nitrogen and oxygen atoms in total. The molecule has 3 heterocycles. The number of hydrogen-bond acceptors (Lipinski definition) is 4. The minimum absolute atomic E-state index is 0.0790. The topological polar surface area (TPSA) is 59.2 Å². The zero-order chi connectivity index (χ0) is 20.8. The van der Waals surface area contributed by atoms with Gasteiger partial charge < -0.3 is 10.6 Å². The third kappa shape index (κ3) is 3.29. The highest BCUT2D eigenvalue weighted by atomic mass is 32.1. The third-order valence-electron chi connectivity index (χ3n) is 6.98. The molecule has 1 aromatic carbocycles. The van der Waals surface area contributed by atoms with Crippen LogP contribution in [0.1, 0.15) is 71.9 Å². The van der Waals surface area contributed by atoms with E-state index < -0.39 is 0 Å². The lowest BCUT2D eigenvalue weighted by molar-refractivity contribution is 0.0517. The van der Waals surface area contributed by atoms with E-state index >= 15 is 0 Å². The van der Waals surface area contributed by atoms with Crippen molar-refractivity contribution in [1.82, 2.24) is 9.88 Å². The molecule has 3 atom stereocenters. The number of anilines is 1. The van der Waals surface area contributed by atoms with E-state index in [9.17, 15) is 4.79 Å². The monoisotopic (exact) mass is 419 g/mol. The third-order valence-corrected chi connectivity index (χ3v) is 8.08. The fourth-order valence-electron chi connectivity index (χ4n) is 5.30. The number of nitrogens with two attached hydrogens (primary N) is 1. The lowest BCUT2D eigenvalue weighted by Gasteiger charge is -2.38. The van der Waals surface area contributed by atoms with Gasteiger partial charge in [-0.3, -0.25) is 4.79 Å². The van der Waals surface area contributed by atoms with Crippen LogP contribution < -0.4 is 5.73 Å². The van der Waals surface area contributed by atoms with Crippen molar-refractivity contribution in [3.05, 3.63) is 58.1 Å². The van der Waals surface area contributed by atoms with E-state index in [0.717, 1.165) is 42.3 Å². The van der Waals surface area contributed by atoms with Crippen LogP contribution in [-0.2, 0) is 12.8 Å². The maximum atomic E-state index is 13.4. The number of likely N-dealkylation sites (tertiary alicyclic amines) is 1. The van der Waals surface area contributed by atoms with E-state index in [4.69, 9.17) is 10.7 Å². The highest BCUT2D eigenvalue weighted by molar-refractivity contribution is 7.21. The number of aromatic nitrogens is 1.